The Balaban J connectivity index is 2.41. The monoisotopic (exact) mass is 295 g/mol. The number of amides is 2. The molecule has 0 saturated heterocycles. The Kier molecular flexibility index (Phi) is 7.11. The van der Waals surface area contributed by atoms with Gasteiger partial charge in [-0.05, 0) is 36.1 Å². The van der Waals surface area contributed by atoms with Gasteiger partial charge < -0.3 is 16.4 Å². The zero-order chi connectivity index (χ0) is 15.0. The largest absolute Gasteiger partial charge is 0.351 e. The van der Waals surface area contributed by atoms with E-state index in [4.69, 9.17) is 5.73 Å². The molecule has 0 radical (unpaired) electrons. The summed E-state index contributed by atoms with van der Waals surface area (Å²) in [6, 6.07) is 6.87. The number of carbonyl (C=O) groups is 2. The van der Waals surface area contributed by atoms with Gasteiger partial charge in [-0.15, -0.1) is 0 Å². The van der Waals surface area contributed by atoms with Crippen LogP contribution in [0.1, 0.15) is 18.9 Å². The highest BCUT2D eigenvalue weighted by atomic mass is 32.2. The molecule has 0 fully saturated rings. The zero-order valence-electron chi connectivity index (χ0n) is 11.8. The Morgan fingerprint density at radius 3 is 2.50 bits per heavy atom. The van der Waals surface area contributed by atoms with E-state index in [1.165, 1.54) is 6.92 Å². The summed E-state index contributed by atoms with van der Waals surface area (Å²) < 4.78 is 0. The number of hydrogen-bond acceptors (Lipinski definition) is 4. The molecule has 0 aliphatic rings. The van der Waals surface area contributed by atoms with Gasteiger partial charge in [0.2, 0.25) is 11.8 Å². The summed E-state index contributed by atoms with van der Waals surface area (Å²) in [4.78, 5) is 22.6. The van der Waals surface area contributed by atoms with Gasteiger partial charge in [0.05, 0.1) is 6.04 Å². The van der Waals surface area contributed by atoms with Crippen molar-refractivity contribution in [1.29, 1.82) is 0 Å². The Hall–Kier alpha value is -1.53. The van der Waals surface area contributed by atoms with Crippen molar-refractivity contribution >= 4 is 29.3 Å². The van der Waals surface area contributed by atoms with Crippen LogP contribution in [0.4, 0.5) is 5.69 Å². The molecule has 0 unspecified atom stereocenters. The molecule has 0 aromatic heterocycles. The molecular formula is C14H21N3O2S. The van der Waals surface area contributed by atoms with Crippen molar-refractivity contribution in [3.63, 3.8) is 0 Å². The van der Waals surface area contributed by atoms with Crippen LogP contribution in [0.5, 0.6) is 0 Å². The minimum atomic E-state index is -0.457. The fourth-order valence-corrected chi connectivity index (χ4v) is 2.10. The summed E-state index contributed by atoms with van der Waals surface area (Å²) in [6.45, 7) is 1.90. The number of thioether (sulfide) groups is 1. The lowest BCUT2D eigenvalue weighted by molar-refractivity contribution is -0.122. The smallest absolute Gasteiger partial charge is 0.237 e. The van der Waals surface area contributed by atoms with Crippen molar-refractivity contribution < 1.29 is 9.59 Å². The number of hydrogen-bond donors (Lipinski definition) is 3. The lowest BCUT2D eigenvalue weighted by Gasteiger charge is -2.12. The number of rotatable bonds is 7. The van der Waals surface area contributed by atoms with Crippen LogP contribution >= 0.6 is 11.8 Å². The summed E-state index contributed by atoms with van der Waals surface area (Å²) in [5.74, 6) is 0.635. The molecule has 0 aliphatic carbocycles. The maximum Gasteiger partial charge on any atom is 0.237 e. The molecule has 6 heteroatoms. The van der Waals surface area contributed by atoms with E-state index in [1.807, 2.05) is 18.4 Å². The Bertz CT molecular complexity index is 448. The lowest BCUT2D eigenvalue weighted by atomic mass is 10.2. The predicted molar refractivity (Wildman–Crippen MR) is 83.6 cm³/mol. The highest BCUT2D eigenvalue weighted by Crippen LogP contribution is 2.09. The fraction of sp³-hybridized carbons (Fsp3) is 0.429. The molecule has 5 nitrogen and oxygen atoms in total. The quantitative estimate of drug-likeness (QED) is 0.709. The maximum absolute atomic E-state index is 11.7. The third kappa shape index (κ3) is 6.08. The van der Waals surface area contributed by atoms with Gasteiger partial charge in [-0.3, -0.25) is 9.59 Å². The van der Waals surface area contributed by atoms with Crippen molar-refractivity contribution in [3.05, 3.63) is 29.8 Å². The second-order valence-corrected chi connectivity index (χ2v) is 5.47. The van der Waals surface area contributed by atoms with Crippen molar-refractivity contribution in [1.82, 2.24) is 5.32 Å². The van der Waals surface area contributed by atoms with Gasteiger partial charge in [-0.2, -0.15) is 11.8 Å². The highest BCUT2D eigenvalue weighted by molar-refractivity contribution is 7.98. The van der Waals surface area contributed by atoms with E-state index in [-0.39, 0.29) is 11.8 Å². The SMILES string of the molecule is CSCC[C@@H](N)C(=O)NCc1ccc(NC(C)=O)cc1. The molecule has 1 aromatic rings. The van der Waals surface area contributed by atoms with E-state index in [9.17, 15) is 9.59 Å². The minimum Gasteiger partial charge on any atom is -0.351 e. The van der Waals surface area contributed by atoms with Crippen LogP contribution in [-0.4, -0.2) is 29.9 Å². The molecule has 0 heterocycles. The summed E-state index contributed by atoms with van der Waals surface area (Å²) in [6.07, 6.45) is 2.66. The normalized spacial score (nSPS) is 11.8. The second kappa shape index (κ2) is 8.60. The molecule has 0 aliphatic heterocycles. The van der Waals surface area contributed by atoms with Crippen LogP contribution in [-0.2, 0) is 16.1 Å². The number of anilines is 1. The van der Waals surface area contributed by atoms with Crippen LogP contribution in [0, 0.1) is 0 Å². The fourth-order valence-electron chi connectivity index (χ4n) is 1.61. The van der Waals surface area contributed by atoms with E-state index in [1.54, 1.807) is 23.9 Å². The van der Waals surface area contributed by atoms with Gasteiger partial charge in [-0.1, -0.05) is 12.1 Å². The Morgan fingerprint density at radius 1 is 1.30 bits per heavy atom. The first kappa shape index (κ1) is 16.5. The maximum atomic E-state index is 11.7. The summed E-state index contributed by atoms with van der Waals surface area (Å²) in [5, 5.41) is 5.50. The minimum absolute atomic E-state index is 0.106. The number of nitrogens with two attached hydrogens (primary N) is 1. The molecule has 0 bridgehead atoms. The van der Waals surface area contributed by atoms with Crippen molar-refractivity contribution in [2.24, 2.45) is 5.73 Å². The van der Waals surface area contributed by atoms with Crippen LogP contribution in [0.3, 0.4) is 0 Å². The second-order valence-electron chi connectivity index (χ2n) is 4.48. The van der Waals surface area contributed by atoms with E-state index in [2.05, 4.69) is 10.6 Å². The summed E-state index contributed by atoms with van der Waals surface area (Å²) >= 11 is 1.67. The molecule has 0 saturated carbocycles. The molecular weight excluding hydrogens is 274 g/mol. The standard InChI is InChI=1S/C14H21N3O2S/c1-10(18)17-12-5-3-11(4-6-12)9-16-14(19)13(15)7-8-20-2/h3-6,13H,7-9,15H2,1-2H3,(H,16,19)(H,17,18)/t13-/m1/s1. The summed E-state index contributed by atoms with van der Waals surface area (Å²) in [7, 11) is 0. The molecule has 110 valence electrons. The lowest BCUT2D eigenvalue weighted by Crippen LogP contribution is -2.40. The van der Waals surface area contributed by atoms with Gasteiger partial charge in [0, 0.05) is 19.2 Å². The van der Waals surface area contributed by atoms with Crippen molar-refractivity contribution in [2.75, 3.05) is 17.3 Å². The average Bonchev–Trinajstić information content (AvgIpc) is 2.43. The van der Waals surface area contributed by atoms with Gasteiger partial charge in [0.15, 0.2) is 0 Å². The van der Waals surface area contributed by atoms with Crippen LogP contribution in [0.15, 0.2) is 24.3 Å². The van der Waals surface area contributed by atoms with E-state index in [0.29, 0.717) is 13.0 Å². The number of carbonyl (C=O) groups excluding carboxylic acids is 2. The molecule has 2 amide bonds. The van der Waals surface area contributed by atoms with E-state index >= 15 is 0 Å². The van der Waals surface area contributed by atoms with Crippen LogP contribution in [0.2, 0.25) is 0 Å². The Labute approximate surface area is 123 Å². The zero-order valence-corrected chi connectivity index (χ0v) is 12.6. The molecule has 1 atom stereocenters. The first-order valence-corrected chi connectivity index (χ1v) is 7.81. The molecule has 4 N–H and O–H groups in total. The van der Waals surface area contributed by atoms with Gasteiger partial charge in [-0.25, -0.2) is 0 Å². The van der Waals surface area contributed by atoms with Gasteiger partial charge in [0.25, 0.3) is 0 Å². The van der Waals surface area contributed by atoms with Crippen molar-refractivity contribution in [2.45, 2.75) is 25.9 Å². The highest BCUT2D eigenvalue weighted by Gasteiger charge is 2.12. The molecule has 1 aromatic carbocycles. The molecule has 20 heavy (non-hydrogen) atoms. The van der Waals surface area contributed by atoms with Crippen molar-refractivity contribution in [3.8, 4) is 0 Å². The van der Waals surface area contributed by atoms with Gasteiger partial charge in [0.1, 0.15) is 0 Å². The third-order valence-electron chi connectivity index (χ3n) is 2.71. The predicted octanol–water partition coefficient (Wildman–Crippen LogP) is 1.34. The summed E-state index contributed by atoms with van der Waals surface area (Å²) in [5.41, 5.74) is 7.48. The van der Waals surface area contributed by atoms with Gasteiger partial charge >= 0.3 is 0 Å². The third-order valence-corrected chi connectivity index (χ3v) is 3.35. The first-order chi connectivity index (χ1) is 9.52. The van der Waals surface area contributed by atoms with Crippen LogP contribution < -0.4 is 16.4 Å². The molecule has 0 spiro atoms. The number of nitrogens with one attached hydrogen (secondary N) is 2. The van der Waals surface area contributed by atoms with E-state index < -0.39 is 6.04 Å². The van der Waals surface area contributed by atoms with E-state index in [0.717, 1.165) is 17.0 Å². The average molecular weight is 295 g/mol. The van der Waals surface area contributed by atoms with Crippen LogP contribution in [0.25, 0.3) is 0 Å². The topological polar surface area (TPSA) is 84.2 Å². The first-order valence-electron chi connectivity index (χ1n) is 6.41. The Morgan fingerprint density at radius 2 is 1.95 bits per heavy atom. The molecule has 1 rings (SSSR count). The number of benzene rings is 1.